The summed E-state index contributed by atoms with van der Waals surface area (Å²) in [5.74, 6) is -5.16. The van der Waals surface area contributed by atoms with Crippen molar-refractivity contribution in [2.45, 2.75) is 208 Å². The highest BCUT2D eigenvalue weighted by Crippen LogP contribution is 2.31. The SMILES string of the molecule is CC(=O)[C@@H](N)CCCN=C(N)N.CC(=O)[C@@H](N)CCCN=C(N)N.CCCC[C@@H](OC(C)=O)c1ccccc1C(=O)O.CCCC[C@@H](OC(C)=O)c1ccccc1C(=O)O.CCCC[C@H](OC(C)=O)c1ccccc1C(=O)O.CCCC[C@H](OC(C)=O)c1ccccc1C(=O)O.CN=C(N)N.CN=C(N)N. The van der Waals surface area contributed by atoms with E-state index in [4.69, 9.17) is 96.7 Å². The van der Waals surface area contributed by atoms with Crippen LogP contribution in [0.25, 0.3) is 0 Å². The molecule has 6 atom stereocenters. The third-order valence-electron chi connectivity index (χ3n) is 14.2. The van der Waals surface area contributed by atoms with Gasteiger partial charge in [-0.15, -0.1) is 0 Å². The van der Waals surface area contributed by atoms with Gasteiger partial charge in [0, 0.05) is 77.1 Å². The molecule has 0 bridgehead atoms. The van der Waals surface area contributed by atoms with E-state index in [0.717, 1.165) is 64.2 Å². The molecule has 0 fully saturated rings. The van der Waals surface area contributed by atoms with Gasteiger partial charge in [0.05, 0.1) is 34.3 Å². The van der Waals surface area contributed by atoms with Crippen molar-refractivity contribution in [3.05, 3.63) is 142 Å². The fourth-order valence-corrected chi connectivity index (χ4v) is 8.81. The molecular weight excluding hydrogens is 1370 g/mol. The van der Waals surface area contributed by atoms with Crippen molar-refractivity contribution in [3.63, 3.8) is 0 Å². The Labute approximate surface area is 622 Å². The lowest BCUT2D eigenvalue weighted by molar-refractivity contribution is -0.148. The summed E-state index contributed by atoms with van der Waals surface area (Å²) in [6.45, 7) is 17.5. The molecule has 0 saturated carbocycles. The van der Waals surface area contributed by atoms with Crippen molar-refractivity contribution in [1.82, 2.24) is 0 Å². The molecule has 0 aliphatic rings. The first-order valence-corrected chi connectivity index (χ1v) is 34.4. The van der Waals surface area contributed by atoms with Crippen molar-refractivity contribution in [2.24, 2.45) is 77.3 Å². The van der Waals surface area contributed by atoms with Crippen molar-refractivity contribution in [2.75, 3.05) is 27.2 Å². The highest BCUT2D eigenvalue weighted by Gasteiger charge is 2.25. The Balaban J connectivity index is -0.000000577. The molecule has 0 radical (unpaired) electrons. The van der Waals surface area contributed by atoms with Crippen LogP contribution in [0.3, 0.4) is 0 Å². The third-order valence-corrected chi connectivity index (χ3v) is 14.2. The lowest BCUT2D eigenvalue weighted by atomic mass is 9.98. The minimum atomic E-state index is -1.00. The van der Waals surface area contributed by atoms with Crippen LogP contribution in [0.2, 0.25) is 0 Å². The van der Waals surface area contributed by atoms with Gasteiger partial charge in [-0.3, -0.25) is 48.7 Å². The molecule has 592 valence electrons. The second kappa shape index (κ2) is 61.5. The molecule has 24 N–H and O–H groups in total. The summed E-state index contributed by atoms with van der Waals surface area (Å²) in [4.78, 5) is 125. The third kappa shape index (κ3) is 52.0. The minimum Gasteiger partial charge on any atom is -0.478 e. The average molecular weight is 1490 g/mol. The standard InChI is InChI=1S/4C14H18O4.2C7H16N4O.2C2H7N3/c4*1-3-4-9-13(18-10(2)15)11-7-5-6-8-12(11)14(16)17;2*1-5(12)6(8)3-2-4-11-7(9)10;2*1-5-2(3)4/h4*5-8,13H,3-4,9H2,1-2H3,(H,16,17);2*6H,2-4,8H2,1H3,(H4,9,10,11);2*1H3,(H4,3,4,5)/t4*13-;2*6-;;/m110000../s1. The summed E-state index contributed by atoms with van der Waals surface area (Å²) >= 11 is 0. The molecule has 0 unspecified atom stereocenters. The van der Waals surface area contributed by atoms with E-state index in [1.54, 1.807) is 72.8 Å². The first-order valence-electron chi connectivity index (χ1n) is 34.4. The van der Waals surface area contributed by atoms with Crippen LogP contribution in [-0.2, 0) is 47.7 Å². The molecule has 0 aromatic heterocycles. The number of carbonyl (C=O) groups is 10. The van der Waals surface area contributed by atoms with Crippen LogP contribution in [0.4, 0.5) is 0 Å². The number of esters is 4. The number of ether oxygens (including phenoxy) is 4. The van der Waals surface area contributed by atoms with Crippen molar-refractivity contribution >= 4 is 83.2 Å². The van der Waals surface area contributed by atoms with Gasteiger partial charge in [-0.25, -0.2) is 19.2 Å². The van der Waals surface area contributed by atoms with E-state index < -0.39 is 72.2 Å². The molecule has 32 heteroatoms. The van der Waals surface area contributed by atoms with E-state index >= 15 is 0 Å². The van der Waals surface area contributed by atoms with Crippen LogP contribution >= 0.6 is 0 Å². The number of hydrogen-bond donors (Lipinski definition) is 14. The molecule has 4 aromatic carbocycles. The number of guanidine groups is 4. The zero-order valence-corrected chi connectivity index (χ0v) is 63.5. The number of benzene rings is 4. The van der Waals surface area contributed by atoms with Gasteiger partial charge in [0.1, 0.15) is 36.0 Å². The van der Waals surface area contributed by atoms with Gasteiger partial charge in [0.15, 0.2) is 23.8 Å². The highest BCUT2D eigenvalue weighted by atomic mass is 16.6. The maximum atomic E-state index is 11.1. The lowest BCUT2D eigenvalue weighted by Crippen LogP contribution is -2.28. The Kier molecular flexibility index (Phi) is 58.8. The van der Waals surface area contributed by atoms with Crippen LogP contribution in [0.15, 0.2) is 117 Å². The van der Waals surface area contributed by atoms with Crippen LogP contribution < -0.4 is 57.3 Å². The van der Waals surface area contributed by atoms with E-state index in [1.165, 1.54) is 79.9 Å². The number of aliphatic imine (C=N–C) groups is 4. The number of Topliss-reactive ketones (excluding diaryl/α,β-unsaturated/α-hetero) is 2. The number of hydrogen-bond acceptors (Lipinski definition) is 20. The Hall–Kier alpha value is -11.0. The van der Waals surface area contributed by atoms with E-state index in [-0.39, 0.29) is 69.7 Å². The number of nitrogens with zero attached hydrogens (tertiary/aromatic N) is 4. The maximum Gasteiger partial charge on any atom is 0.336 e. The molecular formula is C74H118N14O18. The molecule has 32 nitrogen and oxygen atoms in total. The first-order chi connectivity index (χ1) is 49.8. The number of carbonyl (C=O) groups excluding carboxylic acids is 6. The molecule has 4 aromatic rings. The maximum absolute atomic E-state index is 11.1. The van der Waals surface area contributed by atoms with Crippen LogP contribution in [0.5, 0.6) is 0 Å². The smallest absolute Gasteiger partial charge is 0.336 e. The van der Waals surface area contributed by atoms with Gasteiger partial charge in [0.2, 0.25) is 0 Å². The van der Waals surface area contributed by atoms with Crippen molar-refractivity contribution in [3.8, 4) is 0 Å². The Morgan fingerprint density at radius 3 is 0.660 bits per heavy atom. The van der Waals surface area contributed by atoms with Crippen LogP contribution in [0, 0.1) is 0 Å². The van der Waals surface area contributed by atoms with Crippen molar-refractivity contribution in [1.29, 1.82) is 0 Å². The van der Waals surface area contributed by atoms with Crippen LogP contribution in [-0.4, -0.2) is 143 Å². The number of carboxylic acids is 4. The average Bonchev–Trinajstić information content (AvgIpc) is 0.864. The van der Waals surface area contributed by atoms with E-state index in [0.29, 0.717) is 73.9 Å². The van der Waals surface area contributed by atoms with Gasteiger partial charge in [-0.05, 0) is 115 Å². The number of nitrogens with two attached hydrogens (primary N) is 10. The normalized spacial score (nSPS) is 11.5. The largest absolute Gasteiger partial charge is 0.478 e. The van der Waals surface area contributed by atoms with Gasteiger partial charge in [-0.2, -0.15) is 0 Å². The molecule has 0 spiro atoms. The predicted molar refractivity (Wildman–Crippen MR) is 410 cm³/mol. The van der Waals surface area contributed by atoms with Crippen molar-refractivity contribution < 1.29 is 87.3 Å². The molecule has 0 aliphatic heterocycles. The second-order valence-electron chi connectivity index (χ2n) is 23.2. The monoisotopic (exact) mass is 1490 g/mol. The predicted octanol–water partition coefficient (Wildman–Crippen LogP) is 8.41. The second-order valence-corrected chi connectivity index (χ2v) is 23.2. The summed E-state index contributed by atoms with van der Waals surface area (Å²) < 4.78 is 20.9. The molecule has 4 rings (SSSR count). The number of rotatable bonds is 34. The summed E-state index contributed by atoms with van der Waals surface area (Å²) in [6, 6.07) is 25.8. The fourth-order valence-electron chi connectivity index (χ4n) is 8.81. The van der Waals surface area contributed by atoms with Crippen LogP contribution in [0.1, 0.15) is 260 Å². The molecule has 0 amide bonds. The highest BCUT2D eigenvalue weighted by molar-refractivity contribution is 5.91. The lowest BCUT2D eigenvalue weighted by Gasteiger charge is -2.18. The van der Waals surface area contributed by atoms with Gasteiger partial charge in [0.25, 0.3) is 0 Å². The first kappa shape index (κ1) is 101. The molecule has 0 saturated heterocycles. The topological polar surface area (TPSA) is 598 Å². The number of ketones is 2. The zero-order chi connectivity index (χ0) is 81.9. The minimum absolute atomic E-state index is 0.000278. The summed E-state index contributed by atoms with van der Waals surface area (Å²) in [7, 11) is 3.07. The molecule has 106 heavy (non-hydrogen) atoms. The summed E-state index contributed by atoms with van der Waals surface area (Å²) in [5, 5.41) is 36.5. The Morgan fingerprint density at radius 1 is 0.330 bits per heavy atom. The molecule has 0 aliphatic carbocycles. The number of unbranched alkanes of at least 4 members (excludes halogenated alkanes) is 4. The van der Waals surface area contributed by atoms with E-state index in [9.17, 15) is 47.9 Å². The summed E-state index contributed by atoms with van der Waals surface area (Å²) in [6.07, 6.45) is 10.8. The van der Waals surface area contributed by atoms with Gasteiger partial charge in [-0.1, -0.05) is 126 Å². The fraction of sp³-hybridized carbons (Fsp3) is 0.486. The van der Waals surface area contributed by atoms with Gasteiger partial charge >= 0.3 is 47.8 Å². The van der Waals surface area contributed by atoms with Gasteiger partial charge < -0.3 is 96.7 Å². The molecule has 0 heterocycles. The quantitative estimate of drug-likeness (QED) is 0.00685. The van der Waals surface area contributed by atoms with E-state index in [1.807, 2.05) is 27.7 Å². The number of aromatic carboxylic acids is 4. The summed E-state index contributed by atoms with van der Waals surface area (Å²) in [5.41, 5.74) is 53.6. The number of carboxylic acid groups (broad SMARTS) is 4. The Bertz CT molecular complexity index is 3000. The zero-order valence-electron chi connectivity index (χ0n) is 63.5. The Morgan fingerprint density at radius 2 is 0.519 bits per heavy atom. The van der Waals surface area contributed by atoms with E-state index in [2.05, 4.69) is 20.0 Å².